The second-order valence-electron chi connectivity index (χ2n) is 5.62. The van der Waals surface area contributed by atoms with Gasteiger partial charge in [-0.3, -0.25) is 0 Å². The molecule has 2 aliphatic carbocycles. The lowest BCUT2D eigenvalue weighted by Crippen LogP contribution is -2.02. The minimum atomic E-state index is -0.243. The Balaban J connectivity index is 1.70. The van der Waals surface area contributed by atoms with E-state index in [0.29, 0.717) is 26.1 Å². The second-order valence-corrected chi connectivity index (χ2v) is 7.79. The molecule has 1 heterocycles. The number of halogens is 2. The van der Waals surface area contributed by atoms with Crippen molar-refractivity contribution in [2.45, 2.75) is 47.7 Å². The molecule has 0 bridgehead atoms. The number of nitrogens with two attached hydrogens (primary N) is 1. The van der Waals surface area contributed by atoms with Gasteiger partial charge in [0.05, 0.1) is 3.57 Å². The summed E-state index contributed by atoms with van der Waals surface area (Å²) in [5, 5.41) is 9.52. The molecule has 4 rings (SSSR count). The summed E-state index contributed by atoms with van der Waals surface area (Å²) in [5.41, 5.74) is 6.60. The largest absolute Gasteiger partial charge is 0.398 e. The van der Waals surface area contributed by atoms with Gasteiger partial charge in [0.15, 0.2) is 5.16 Å². The molecular formula is C14H14FIN4S. The van der Waals surface area contributed by atoms with Gasteiger partial charge in [0.1, 0.15) is 11.6 Å². The highest BCUT2D eigenvalue weighted by Crippen LogP contribution is 2.47. The topological polar surface area (TPSA) is 56.7 Å². The standard InChI is InChI=1S/C14H14FIN4S/c15-9-5-12(11(17)6-10(9)16)21-14-19-18-13(7-1-2-7)20(14)8-3-4-8/h5-8H,1-4,17H2. The van der Waals surface area contributed by atoms with E-state index in [-0.39, 0.29) is 5.82 Å². The zero-order chi connectivity index (χ0) is 14.6. The summed E-state index contributed by atoms with van der Waals surface area (Å²) in [4.78, 5) is 0.713. The summed E-state index contributed by atoms with van der Waals surface area (Å²) in [5.74, 6) is 1.43. The van der Waals surface area contributed by atoms with Crippen LogP contribution in [-0.2, 0) is 0 Å². The van der Waals surface area contributed by atoms with Crippen LogP contribution in [0.5, 0.6) is 0 Å². The van der Waals surface area contributed by atoms with Crippen molar-refractivity contribution in [2.24, 2.45) is 0 Å². The van der Waals surface area contributed by atoms with E-state index in [1.165, 1.54) is 43.5 Å². The zero-order valence-electron chi connectivity index (χ0n) is 11.2. The van der Waals surface area contributed by atoms with Crippen LogP contribution in [0.25, 0.3) is 0 Å². The zero-order valence-corrected chi connectivity index (χ0v) is 14.2. The van der Waals surface area contributed by atoms with Crippen LogP contribution in [0.2, 0.25) is 0 Å². The molecule has 1 aromatic carbocycles. The molecule has 2 fully saturated rings. The summed E-state index contributed by atoms with van der Waals surface area (Å²) in [6.07, 6.45) is 4.77. The monoisotopic (exact) mass is 416 g/mol. The van der Waals surface area contributed by atoms with Gasteiger partial charge >= 0.3 is 0 Å². The summed E-state index contributed by atoms with van der Waals surface area (Å²) in [6, 6.07) is 3.68. The van der Waals surface area contributed by atoms with Gasteiger partial charge in [0.25, 0.3) is 0 Å². The van der Waals surface area contributed by atoms with Crippen molar-refractivity contribution < 1.29 is 4.39 Å². The van der Waals surface area contributed by atoms with Crippen LogP contribution in [0, 0.1) is 9.39 Å². The first-order valence-electron chi connectivity index (χ1n) is 7.00. The molecule has 0 unspecified atom stereocenters. The normalized spacial score (nSPS) is 18.2. The molecule has 2 N–H and O–H groups in total. The molecule has 2 aromatic rings. The maximum absolute atomic E-state index is 13.8. The van der Waals surface area contributed by atoms with Crippen molar-refractivity contribution in [3.63, 3.8) is 0 Å². The Morgan fingerprint density at radius 1 is 1.24 bits per heavy atom. The SMILES string of the molecule is Nc1cc(I)c(F)cc1Sc1nnc(C2CC2)n1C1CC1. The third kappa shape index (κ3) is 2.65. The van der Waals surface area contributed by atoms with Gasteiger partial charge in [-0.05, 0) is 72.2 Å². The van der Waals surface area contributed by atoms with E-state index in [0.717, 1.165) is 11.0 Å². The number of hydrogen-bond donors (Lipinski definition) is 1. The molecule has 4 nitrogen and oxygen atoms in total. The van der Waals surface area contributed by atoms with Gasteiger partial charge in [0, 0.05) is 22.5 Å². The van der Waals surface area contributed by atoms with Crippen molar-refractivity contribution in [2.75, 3.05) is 5.73 Å². The van der Waals surface area contributed by atoms with Crippen molar-refractivity contribution in [1.82, 2.24) is 14.8 Å². The molecule has 0 aliphatic heterocycles. The first-order chi connectivity index (χ1) is 10.1. The Labute approximate surface area is 139 Å². The van der Waals surface area contributed by atoms with Gasteiger partial charge in [0.2, 0.25) is 0 Å². The second kappa shape index (κ2) is 5.12. The highest BCUT2D eigenvalue weighted by molar-refractivity contribution is 14.1. The number of hydrogen-bond acceptors (Lipinski definition) is 4. The molecule has 21 heavy (non-hydrogen) atoms. The lowest BCUT2D eigenvalue weighted by Gasteiger charge is -2.10. The van der Waals surface area contributed by atoms with E-state index < -0.39 is 0 Å². The minimum Gasteiger partial charge on any atom is -0.398 e. The summed E-state index contributed by atoms with van der Waals surface area (Å²) in [6.45, 7) is 0. The Bertz CT molecular complexity index is 709. The van der Waals surface area contributed by atoms with E-state index in [2.05, 4.69) is 14.8 Å². The number of aromatic nitrogens is 3. The van der Waals surface area contributed by atoms with Crippen LogP contribution in [0.4, 0.5) is 10.1 Å². The molecule has 0 atom stereocenters. The number of nitrogen functional groups attached to an aromatic ring is 1. The summed E-state index contributed by atoms with van der Waals surface area (Å²) >= 11 is 3.37. The molecule has 7 heteroatoms. The van der Waals surface area contributed by atoms with Crippen molar-refractivity contribution in [3.8, 4) is 0 Å². The van der Waals surface area contributed by atoms with Gasteiger partial charge < -0.3 is 10.3 Å². The van der Waals surface area contributed by atoms with Gasteiger partial charge in [-0.15, -0.1) is 10.2 Å². The minimum absolute atomic E-state index is 0.243. The smallest absolute Gasteiger partial charge is 0.196 e. The molecule has 0 amide bonds. The predicted molar refractivity (Wildman–Crippen MR) is 87.9 cm³/mol. The fourth-order valence-electron chi connectivity index (χ4n) is 2.38. The van der Waals surface area contributed by atoms with Crippen LogP contribution in [0.1, 0.15) is 43.5 Å². The molecule has 110 valence electrons. The van der Waals surface area contributed by atoms with Crippen LogP contribution >= 0.6 is 34.4 Å². The van der Waals surface area contributed by atoms with Crippen LogP contribution in [0.3, 0.4) is 0 Å². The average Bonchev–Trinajstić information content (AvgIpc) is 3.35. The maximum Gasteiger partial charge on any atom is 0.196 e. The van der Waals surface area contributed by atoms with E-state index >= 15 is 0 Å². The first-order valence-corrected chi connectivity index (χ1v) is 8.90. The van der Waals surface area contributed by atoms with E-state index in [1.54, 1.807) is 6.07 Å². The molecule has 0 spiro atoms. The fraction of sp³-hybridized carbons (Fsp3) is 0.429. The third-order valence-electron chi connectivity index (χ3n) is 3.80. The third-order valence-corrected chi connectivity index (χ3v) is 5.66. The van der Waals surface area contributed by atoms with E-state index in [9.17, 15) is 4.39 Å². The number of benzene rings is 1. The molecule has 1 aromatic heterocycles. The van der Waals surface area contributed by atoms with Crippen molar-refractivity contribution in [3.05, 3.63) is 27.3 Å². The lowest BCUT2D eigenvalue weighted by molar-refractivity contribution is 0.616. The van der Waals surface area contributed by atoms with Gasteiger partial charge in [-0.1, -0.05) is 0 Å². The van der Waals surface area contributed by atoms with Crippen molar-refractivity contribution in [1.29, 1.82) is 0 Å². The predicted octanol–water partition coefficient (Wildman–Crippen LogP) is 3.97. The van der Waals surface area contributed by atoms with Crippen LogP contribution in [0.15, 0.2) is 22.2 Å². The molecular weight excluding hydrogens is 402 g/mol. The van der Waals surface area contributed by atoms with E-state index in [4.69, 9.17) is 5.73 Å². The Morgan fingerprint density at radius 2 is 2.00 bits per heavy atom. The highest BCUT2D eigenvalue weighted by atomic mass is 127. The quantitative estimate of drug-likeness (QED) is 0.606. The number of anilines is 1. The Hall–Kier alpha value is -0.830. The Kier molecular flexibility index (Phi) is 3.36. The number of rotatable bonds is 4. The molecule has 0 radical (unpaired) electrons. The first kappa shape index (κ1) is 13.8. The average molecular weight is 416 g/mol. The lowest BCUT2D eigenvalue weighted by atomic mass is 10.3. The fourth-order valence-corrected chi connectivity index (χ4v) is 3.83. The van der Waals surface area contributed by atoms with Gasteiger partial charge in [-0.2, -0.15) is 0 Å². The summed E-state index contributed by atoms with van der Waals surface area (Å²) in [7, 11) is 0. The van der Waals surface area contributed by atoms with Crippen molar-refractivity contribution >= 4 is 40.0 Å². The van der Waals surface area contributed by atoms with Gasteiger partial charge in [-0.25, -0.2) is 4.39 Å². The maximum atomic E-state index is 13.8. The summed E-state index contributed by atoms with van der Waals surface area (Å²) < 4.78 is 16.5. The molecule has 2 saturated carbocycles. The highest BCUT2D eigenvalue weighted by Gasteiger charge is 2.36. The molecule has 0 saturated heterocycles. The molecule has 2 aliphatic rings. The van der Waals surface area contributed by atoms with Crippen LogP contribution in [-0.4, -0.2) is 14.8 Å². The van der Waals surface area contributed by atoms with E-state index in [1.807, 2.05) is 22.6 Å². The number of nitrogens with zero attached hydrogens (tertiary/aromatic N) is 3. The Morgan fingerprint density at radius 3 is 2.67 bits per heavy atom. The van der Waals surface area contributed by atoms with Crippen LogP contribution < -0.4 is 5.73 Å².